The molecule has 4 aromatic rings. The van der Waals surface area contributed by atoms with Gasteiger partial charge in [0.1, 0.15) is 22.8 Å². The molecular weight excluding hydrogens is 432 g/mol. The van der Waals surface area contributed by atoms with Crippen molar-refractivity contribution < 1.29 is 23.8 Å². The lowest BCUT2D eigenvalue weighted by Crippen LogP contribution is -2.53. The van der Waals surface area contributed by atoms with Crippen molar-refractivity contribution in [1.82, 2.24) is 19.9 Å². The number of hydrogen-bond donors (Lipinski definition) is 4. The van der Waals surface area contributed by atoms with Crippen molar-refractivity contribution in [2.45, 2.75) is 12.5 Å². The maximum atomic E-state index is 14.3. The number of aromatic nitrogens is 3. The van der Waals surface area contributed by atoms with Gasteiger partial charge in [0.25, 0.3) is 0 Å². The molecule has 0 saturated carbocycles. The normalized spacial score (nSPS) is 13.8. The molecule has 2 aromatic heterocycles. The van der Waals surface area contributed by atoms with Crippen molar-refractivity contribution in [2.24, 2.45) is 0 Å². The summed E-state index contributed by atoms with van der Waals surface area (Å²) in [4.78, 5) is 24.9. The Balaban J connectivity index is 1.44. The monoisotopic (exact) mass is 451 g/mol. The first-order valence-corrected chi connectivity index (χ1v) is 10.2. The predicted octanol–water partition coefficient (Wildman–Crippen LogP) is 3.10. The summed E-state index contributed by atoms with van der Waals surface area (Å²) in [5.41, 5.74) is 1.29. The third-order valence-corrected chi connectivity index (χ3v) is 5.49. The first kappa shape index (κ1) is 20.8. The van der Waals surface area contributed by atoms with Crippen LogP contribution in [0.4, 0.5) is 20.3 Å². The highest BCUT2D eigenvalue weighted by Crippen LogP contribution is 2.34. The standard InChI is InChI=1S/C23H19F2N5O3/c24-15-2-1-3-16(25)19(15)21-28-17-9-26-23(33)20(17)22(29-21)27-13-6-4-12(5-7-13)8-18(32)30-10-14(31)11-30/h1-7,9,14,26,31,33H,8,10-11H2,(H,27,28,29). The number of nitrogens with zero attached hydrogens (tertiary/aromatic N) is 3. The lowest BCUT2D eigenvalue weighted by atomic mass is 10.1. The lowest BCUT2D eigenvalue weighted by molar-refractivity contribution is -0.140. The predicted molar refractivity (Wildman–Crippen MR) is 117 cm³/mol. The van der Waals surface area contributed by atoms with Gasteiger partial charge in [-0.2, -0.15) is 0 Å². The summed E-state index contributed by atoms with van der Waals surface area (Å²) in [7, 11) is 0. The number of anilines is 2. The van der Waals surface area contributed by atoms with Crippen molar-refractivity contribution in [3.05, 3.63) is 65.9 Å². The van der Waals surface area contributed by atoms with Crippen LogP contribution >= 0.6 is 0 Å². The molecule has 1 saturated heterocycles. The number of rotatable bonds is 5. The number of H-pyrrole nitrogens is 1. The van der Waals surface area contributed by atoms with E-state index in [9.17, 15) is 23.8 Å². The molecule has 8 nitrogen and oxygen atoms in total. The van der Waals surface area contributed by atoms with Gasteiger partial charge in [0.15, 0.2) is 5.82 Å². The minimum Gasteiger partial charge on any atom is -0.494 e. The van der Waals surface area contributed by atoms with Crippen LogP contribution in [0.2, 0.25) is 0 Å². The van der Waals surface area contributed by atoms with Crippen molar-refractivity contribution in [3.63, 3.8) is 0 Å². The number of carbonyl (C=O) groups is 1. The van der Waals surface area contributed by atoms with Crippen LogP contribution in [0.1, 0.15) is 5.56 Å². The lowest BCUT2D eigenvalue weighted by Gasteiger charge is -2.35. The number of carbonyl (C=O) groups excluding carboxylic acids is 1. The van der Waals surface area contributed by atoms with Crippen molar-refractivity contribution >= 4 is 28.3 Å². The molecule has 0 bridgehead atoms. The molecule has 0 spiro atoms. The molecule has 3 heterocycles. The second kappa shape index (κ2) is 8.14. The average molecular weight is 451 g/mol. The van der Waals surface area contributed by atoms with Gasteiger partial charge in [-0.15, -0.1) is 0 Å². The van der Waals surface area contributed by atoms with Gasteiger partial charge in [-0.1, -0.05) is 18.2 Å². The zero-order valence-corrected chi connectivity index (χ0v) is 17.2. The highest BCUT2D eigenvalue weighted by Gasteiger charge is 2.28. The summed E-state index contributed by atoms with van der Waals surface area (Å²) in [6.45, 7) is 0.709. The Morgan fingerprint density at radius 3 is 2.48 bits per heavy atom. The Labute approximate surface area is 186 Å². The maximum Gasteiger partial charge on any atom is 0.227 e. The molecule has 168 valence electrons. The fraction of sp³-hybridized carbons (Fsp3) is 0.174. The van der Waals surface area contributed by atoms with E-state index in [0.29, 0.717) is 18.8 Å². The smallest absolute Gasteiger partial charge is 0.227 e. The first-order valence-electron chi connectivity index (χ1n) is 10.2. The number of nitrogens with one attached hydrogen (secondary N) is 2. The van der Waals surface area contributed by atoms with Gasteiger partial charge < -0.3 is 25.4 Å². The number of hydrogen-bond acceptors (Lipinski definition) is 6. The van der Waals surface area contributed by atoms with Crippen LogP contribution in [0, 0.1) is 11.6 Å². The number of amides is 1. The third kappa shape index (κ3) is 3.96. The molecule has 1 fully saturated rings. The minimum absolute atomic E-state index is 0.0627. The van der Waals surface area contributed by atoms with E-state index >= 15 is 0 Å². The Kier molecular flexibility index (Phi) is 5.14. The summed E-state index contributed by atoms with van der Waals surface area (Å²) in [6, 6.07) is 10.5. The molecule has 0 radical (unpaired) electrons. The van der Waals surface area contributed by atoms with Crippen LogP contribution in [0.5, 0.6) is 5.88 Å². The van der Waals surface area contributed by atoms with Gasteiger partial charge >= 0.3 is 0 Å². The summed E-state index contributed by atoms with van der Waals surface area (Å²) in [6.07, 6.45) is 1.18. The topological polar surface area (TPSA) is 114 Å². The van der Waals surface area contributed by atoms with E-state index in [-0.39, 0.29) is 46.3 Å². The van der Waals surface area contributed by atoms with E-state index in [0.717, 1.165) is 17.7 Å². The van der Waals surface area contributed by atoms with E-state index in [2.05, 4.69) is 20.3 Å². The summed E-state index contributed by atoms with van der Waals surface area (Å²) in [5, 5.41) is 22.9. The molecule has 1 aliphatic rings. The SMILES string of the molecule is O=C(Cc1ccc(Nc2nc(-c3c(F)cccc3F)nc3c[nH]c(O)c23)cc1)N1CC(O)C1. The number of halogens is 2. The van der Waals surface area contributed by atoms with Crippen LogP contribution in [-0.2, 0) is 11.2 Å². The Bertz CT molecular complexity index is 1330. The summed E-state index contributed by atoms with van der Waals surface area (Å²) >= 11 is 0. The molecule has 0 unspecified atom stereocenters. The number of likely N-dealkylation sites (tertiary alicyclic amines) is 1. The molecule has 0 aliphatic carbocycles. The highest BCUT2D eigenvalue weighted by molar-refractivity contribution is 5.96. The highest BCUT2D eigenvalue weighted by atomic mass is 19.1. The minimum atomic E-state index is -0.802. The largest absolute Gasteiger partial charge is 0.494 e. The van der Waals surface area contributed by atoms with Crippen LogP contribution in [-0.4, -0.2) is 55.2 Å². The van der Waals surface area contributed by atoms with E-state index in [1.807, 2.05) is 0 Å². The Morgan fingerprint density at radius 2 is 1.82 bits per heavy atom. The maximum absolute atomic E-state index is 14.3. The number of aromatic hydroxyl groups is 1. The molecule has 0 atom stereocenters. The van der Waals surface area contributed by atoms with Gasteiger partial charge in [0.05, 0.1) is 23.6 Å². The molecule has 10 heteroatoms. The van der Waals surface area contributed by atoms with Gasteiger partial charge in [-0.25, -0.2) is 18.7 Å². The Morgan fingerprint density at radius 1 is 1.12 bits per heavy atom. The van der Waals surface area contributed by atoms with Crippen LogP contribution in [0.15, 0.2) is 48.7 Å². The quantitative estimate of drug-likeness (QED) is 0.371. The van der Waals surface area contributed by atoms with Gasteiger partial charge in [-0.05, 0) is 29.8 Å². The van der Waals surface area contributed by atoms with E-state index in [1.165, 1.54) is 12.3 Å². The van der Waals surface area contributed by atoms with Gasteiger partial charge in [0.2, 0.25) is 11.8 Å². The van der Waals surface area contributed by atoms with Crippen molar-refractivity contribution in [2.75, 3.05) is 18.4 Å². The van der Waals surface area contributed by atoms with E-state index < -0.39 is 17.7 Å². The van der Waals surface area contributed by atoms with Crippen LogP contribution in [0.25, 0.3) is 22.3 Å². The van der Waals surface area contributed by atoms with Gasteiger partial charge in [0, 0.05) is 25.0 Å². The zero-order chi connectivity index (χ0) is 23.1. The number of aliphatic hydroxyl groups is 1. The third-order valence-electron chi connectivity index (χ3n) is 5.49. The number of aliphatic hydroxyl groups excluding tert-OH is 1. The van der Waals surface area contributed by atoms with Crippen molar-refractivity contribution in [1.29, 1.82) is 0 Å². The number of benzene rings is 2. The fourth-order valence-electron chi connectivity index (χ4n) is 3.73. The van der Waals surface area contributed by atoms with E-state index in [1.54, 1.807) is 29.2 Å². The average Bonchev–Trinajstić information content (AvgIpc) is 3.14. The number of β-amino-alcohol motifs (C(OH)–C–C–N with tert-alkyl or cyclic N) is 1. The number of fused-ring (bicyclic) bond motifs is 1. The second-order valence-corrected chi connectivity index (χ2v) is 7.84. The molecular formula is C23H19F2N5O3. The summed E-state index contributed by atoms with van der Waals surface area (Å²) in [5.74, 6) is -1.86. The van der Waals surface area contributed by atoms with Crippen LogP contribution in [0.3, 0.4) is 0 Å². The van der Waals surface area contributed by atoms with Crippen molar-refractivity contribution in [3.8, 4) is 17.3 Å². The molecule has 4 N–H and O–H groups in total. The first-order chi connectivity index (χ1) is 15.9. The molecule has 33 heavy (non-hydrogen) atoms. The molecule has 1 aliphatic heterocycles. The number of aromatic amines is 1. The molecule has 1 amide bonds. The second-order valence-electron chi connectivity index (χ2n) is 7.84. The Hall–Kier alpha value is -4.05. The van der Waals surface area contributed by atoms with Crippen LogP contribution < -0.4 is 5.32 Å². The summed E-state index contributed by atoms with van der Waals surface area (Å²) < 4.78 is 28.6. The molecule has 5 rings (SSSR count). The van der Waals surface area contributed by atoms with Gasteiger partial charge in [-0.3, -0.25) is 4.79 Å². The fourth-order valence-corrected chi connectivity index (χ4v) is 3.73. The van der Waals surface area contributed by atoms with E-state index in [4.69, 9.17) is 0 Å². The zero-order valence-electron chi connectivity index (χ0n) is 17.2. The molecule has 2 aromatic carbocycles.